The molecule has 0 radical (unpaired) electrons. The molecule has 0 heterocycles. The van der Waals surface area contributed by atoms with Gasteiger partial charge in [-0.25, -0.2) is 0 Å². The van der Waals surface area contributed by atoms with Crippen LogP contribution in [-0.4, -0.2) is 13.2 Å². The van der Waals surface area contributed by atoms with Crippen LogP contribution in [0.15, 0.2) is 0 Å². The van der Waals surface area contributed by atoms with Crippen LogP contribution in [0.25, 0.3) is 0 Å². The van der Waals surface area contributed by atoms with Crippen LogP contribution in [0.1, 0.15) is 105 Å². The van der Waals surface area contributed by atoms with Crippen LogP contribution in [0.5, 0.6) is 0 Å². The van der Waals surface area contributed by atoms with E-state index in [1.165, 1.54) is 38.5 Å². The average molecular weight is 417 g/mol. The minimum Gasteiger partial charge on any atom is -0.756 e. The molecule has 0 amide bonds. The zero-order valence-electron chi connectivity index (χ0n) is 18.1. The Hall–Kier alpha value is 1.75. The van der Waals surface area contributed by atoms with Gasteiger partial charge in [0.05, 0.1) is 13.2 Å². The monoisotopic (exact) mass is 416 g/mol. The molecule has 6 heteroatoms. The minimum atomic E-state index is -4.09. The van der Waals surface area contributed by atoms with E-state index in [0.29, 0.717) is 0 Å². The van der Waals surface area contributed by atoms with Gasteiger partial charge in [-0.05, 0) is 24.7 Å². The molecule has 0 aliphatic rings. The molecule has 0 saturated heterocycles. The average Bonchev–Trinajstić information content (AvgIpc) is 2.51. The molecule has 0 aliphatic carbocycles. The molecule has 0 unspecified atom stereocenters. The van der Waals surface area contributed by atoms with Crippen LogP contribution in [-0.2, 0) is 13.6 Å². The quantitative estimate of drug-likeness (QED) is 0.195. The van der Waals surface area contributed by atoms with Gasteiger partial charge in [-0.1, -0.05) is 91.9 Å². The van der Waals surface area contributed by atoms with Crippen molar-refractivity contribution in [2.24, 2.45) is 11.8 Å². The zero-order chi connectivity index (χ0) is 19.0. The molecule has 0 bridgehead atoms. The van der Waals surface area contributed by atoms with Crippen molar-refractivity contribution in [3.8, 4) is 0 Å². The van der Waals surface area contributed by atoms with Crippen LogP contribution < -0.4 is 56.3 Å². The van der Waals surface area contributed by atoms with E-state index in [0.717, 1.165) is 50.4 Å². The molecule has 0 N–H and O–H groups in total. The zero-order valence-corrected chi connectivity index (χ0v) is 22.2. The molecule has 0 aromatic carbocycles. The molecule has 0 atom stereocenters. The Balaban J connectivity index is 0. The van der Waals surface area contributed by atoms with Crippen molar-refractivity contribution in [3.63, 3.8) is 0 Å². The molecular formula is C20H42KO4P. The number of phosphoric ester groups is 1. The number of hydrogen-bond acceptors (Lipinski definition) is 4. The Labute approximate surface area is 205 Å². The molecule has 0 saturated carbocycles. The topological polar surface area (TPSA) is 58.6 Å². The summed E-state index contributed by atoms with van der Waals surface area (Å²) in [4.78, 5) is 11.6. The Kier molecular flexibility index (Phi) is 23.1. The standard InChI is InChI=1S/C20H43O4P.K/c1-19(2)15-11-7-5-9-13-17-23-25(21,22)24-18-14-10-6-8-12-16-20(3)4;/h19-20H,5-18H2,1-4H3,(H,21,22);/q;+1/p-1. The van der Waals surface area contributed by atoms with Gasteiger partial charge in [0.1, 0.15) is 0 Å². The largest absolute Gasteiger partial charge is 1.00 e. The van der Waals surface area contributed by atoms with Gasteiger partial charge < -0.3 is 13.9 Å². The summed E-state index contributed by atoms with van der Waals surface area (Å²) in [5.41, 5.74) is 0. The van der Waals surface area contributed by atoms with Crippen molar-refractivity contribution in [2.75, 3.05) is 13.2 Å². The molecule has 4 nitrogen and oxygen atoms in total. The van der Waals surface area contributed by atoms with Crippen molar-refractivity contribution in [1.29, 1.82) is 0 Å². The summed E-state index contributed by atoms with van der Waals surface area (Å²) in [5, 5.41) is 0. The summed E-state index contributed by atoms with van der Waals surface area (Å²) in [6, 6.07) is 0. The Morgan fingerprint density at radius 3 is 1.31 bits per heavy atom. The molecule has 0 fully saturated rings. The molecule has 0 aromatic rings. The van der Waals surface area contributed by atoms with Gasteiger partial charge in [-0.15, -0.1) is 0 Å². The summed E-state index contributed by atoms with van der Waals surface area (Å²) in [6.07, 6.45) is 13.4. The molecule has 0 rings (SSSR count). The minimum absolute atomic E-state index is 0. The van der Waals surface area contributed by atoms with E-state index < -0.39 is 7.82 Å². The van der Waals surface area contributed by atoms with Gasteiger partial charge in [-0.2, -0.15) is 0 Å². The van der Waals surface area contributed by atoms with Gasteiger partial charge in [0.2, 0.25) is 0 Å². The maximum Gasteiger partial charge on any atom is 1.00 e. The van der Waals surface area contributed by atoms with Crippen LogP contribution in [0.4, 0.5) is 0 Å². The van der Waals surface area contributed by atoms with Crippen molar-refractivity contribution >= 4 is 7.82 Å². The summed E-state index contributed by atoms with van der Waals surface area (Å²) in [6.45, 7) is 9.47. The fourth-order valence-corrected chi connectivity index (χ4v) is 3.54. The third-order valence-corrected chi connectivity index (χ3v) is 5.35. The predicted octanol–water partition coefficient (Wildman–Crippen LogP) is 3.49. The van der Waals surface area contributed by atoms with E-state index in [-0.39, 0.29) is 64.6 Å². The fraction of sp³-hybridized carbons (Fsp3) is 1.00. The van der Waals surface area contributed by atoms with Crippen molar-refractivity contribution in [1.82, 2.24) is 0 Å². The molecule has 0 aromatic heterocycles. The second kappa shape index (κ2) is 20.0. The van der Waals surface area contributed by atoms with Crippen molar-refractivity contribution in [3.05, 3.63) is 0 Å². The van der Waals surface area contributed by atoms with Gasteiger partial charge in [0.15, 0.2) is 0 Å². The Bertz CT molecular complexity index is 310. The third-order valence-electron chi connectivity index (χ3n) is 4.35. The van der Waals surface area contributed by atoms with Crippen LogP contribution in [0, 0.1) is 11.8 Å². The molecule has 26 heavy (non-hydrogen) atoms. The summed E-state index contributed by atoms with van der Waals surface area (Å²) >= 11 is 0. The number of phosphoric acid groups is 1. The van der Waals surface area contributed by atoms with Gasteiger partial charge in [-0.3, -0.25) is 4.57 Å². The first-order chi connectivity index (χ1) is 11.8. The first kappa shape index (κ1) is 29.9. The van der Waals surface area contributed by atoms with E-state index in [1.54, 1.807) is 0 Å². The third kappa shape index (κ3) is 23.8. The van der Waals surface area contributed by atoms with E-state index in [2.05, 4.69) is 27.7 Å². The number of hydrogen-bond donors (Lipinski definition) is 0. The van der Waals surface area contributed by atoms with Crippen molar-refractivity contribution < 1.29 is 69.9 Å². The van der Waals surface area contributed by atoms with E-state index in [4.69, 9.17) is 9.05 Å². The normalized spacial score (nSPS) is 12.0. The maximum absolute atomic E-state index is 11.6. The molecule has 152 valence electrons. The molecule has 0 spiro atoms. The summed E-state index contributed by atoms with van der Waals surface area (Å²) in [7, 11) is -4.09. The van der Waals surface area contributed by atoms with E-state index in [9.17, 15) is 9.46 Å². The molecule has 0 aliphatic heterocycles. The fourth-order valence-electron chi connectivity index (χ4n) is 2.76. The smallest absolute Gasteiger partial charge is 0.756 e. The Morgan fingerprint density at radius 2 is 0.962 bits per heavy atom. The van der Waals surface area contributed by atoms with Gasteiger partial charge in [0, 0.05) is 0 Å². The van der Waals surface area contributed by atoms with E-state index in [1.807, 2.05) is 0 Å². The summed E-state index contributed by atoms with van der Waals surface area (Å²) < 4.78 is 21.5. The van der Waals surface area contributed by atoms with Gasteiger partial charge >= 0.3 is 51.4 Å². The Morgan fingerprint density at radius 1 is 0.654 bits per heavy atom. The van der Waals surface area contributed by atoms with Crippen LogP contribution in [0.2, 0.25) is 0 Å². The number of rotatable bonds is 18. The maximum atomic E-state index is 11.6. The SMILES string of the molecule is CC(C)CCCCCCCOP(=O)([O-])OCCCCCCCC(C)C.[K+]. The second-order valence-electron chi connectivity index (χ2n) is 8.01. The molecular weight excluding hydrogens is 374 g/mol. The summed E-state index contributed by atoms with van der Waals surface area (Å²) in [5.74, 6) is 1.54. The van der Waals surface area contributed by atoms with E-state index >= 15 is 0 Å². The van der Waals surface area contributed by atoms with Crippen molar-refractivity contribution in [2.45, 2.75) is 105 Å². The van der Waals surface area contributed by atoms with Gasteiger partial charge in [0.25, 0.3) is 7.82 Å². The van der Waals surface area contributed by atoms with Crippen LogP contribution in [0.3, 0.4) is 0 Å². The number of unbranched alkanes of at least 4 members (excludes halogenated alkanes) is 8. The van der Waals surface area contributed by atoms with Crippen LogP contribution >= 0.6 is 7.82 Å². The first-order valence-electron chi connectivity index (χ1n) is 10.4. The predicted molar refractivity (Wildman–Crippen MR) is 105 cm³/mol. The first-order valence-corrected chi connectivity index (χ1v) is 11.9. The second-order valence-corrected chi connectivity index (χ2v) is 9.43.